The monoisotopic (exact) mass is 308 g/mol. The first-order valence-electron chi connectivity index (χ1n) is 6.62. The first-order valence-corrected chi connectivity index (χ1v) is 7.00. The van der Waals surface area contributed by atoms with Gasteiger partial charge in [0.1, 0.15) is 30.1 Å². The van der Waals surface area contributed by atoms with Gasteiger partial charge in [-0.25, -0.2) is 0 Å². The zero-order chi connectivity index (χ0) is 15.9. The van der Waals surface area contributed by atoms with E-state index in [1.807, 2.05) is 43.3 Å². The molecule has 0 heterocycles. The number of nitriles is 2. The Labute approximate surface area is 134 Å². The summed E-state index contributed by atoms with van der Waals surface area (Å²) in [5, 5.41) is 18.3. The molecule has 0 aromatic heterocycles. The maximum Gasteiger partial charge on any atom is 0.130 e. The van der Waals surface area contributed by atoms with E-state index in [0.717, 1.165) is 11.1 Å². The van der Waals surface area contributed by atoms with Crippen molar-refractivity contribution < 1.29 is 4.74 Å². The Morgan fingerprint density at radius 2 is 1.95 bits per heavy atom. The number of benzene rings is 2. The highest BCUT2D eigenvalue weighted by Crippen LogP contribution is 2.26. The SMILES string of the molecule is Cc1cccc(COc2ccc(Cl)cc2C=C(C#N)C#N)c1. The lowest BCUT2D eigenvalue weighted by Crippen LogP contribution is -1.97. The lowest BCUT2D eigenvalue weighted by atomic mass is 10.1. The highest BCUT2D eigenvalue weighted by Gasteiger charge is 2.05. The maximum absolute atomic E-state index is 8.87. The molecule has 0 bridgehead atoms. The first kappa shape index (κ1) is 15.6. The Hall–Kier alpha value is -2.75. The maximum atomic E-state index is 8.87. The molecule has 0 radical (unpaired) electrons. The highest BCUT2D eigenvalue weighted by molar-refractivity contribution is 6.30. The van der Waals surface area contributed by atoms with Gasteiger partial charge in [0.15, 0.2) is 0 Å². The van der Waals surface area contributed by atoms with Crippen LogP contribution < -0.4 is 4.74 Å². The Morgan fingerprint density at radius 1 is 1.18 bits per heavy atom. The van der Waals surface area contributed by atoms with E-state index in [-0.39, 0.29) is 5.57 Å². The molecule has 0 saturated carbocycles. The topological polar surface area (TPSA) is 56.8 Å². The van der Waals surface area contributed by atoms with Crippen molar-refractivity contribution in [2.45, 2.75) is 13.5 Å². The van der Waals surface area contributed by atoms with Crippen molar-refractivity contribution >= 4 is 17.7 Å². The van der Waals surface area contributed by atoms with Gasteiger partial charge in [-0.1, -0.05) is 41.4 Å². The van der Waals surface area contributed by atoms with Crippen LogP contribution in [0.4, 0.5) is 0 Å². The van der Waals surface area contributed by atoms with E-state index < -0.39 is 0 Å². The van der Waals surface area contributed by atoms with Crippen LogP contribution in [0, 0.1) is 29.6 Å². The third-order valence-corrected chi connectivity index (χ3v) is 3.22. The van der Waals surface area contributed by atoms with Crippen LogP contribution >= 0.6 is 11.6 Å². The molecule has 22 heavy (non-hydrogen) atoms. The molecule has 2 aromatic rings. The van der Waals surface area contributed by atoms with Crippen molar-refractivity contribution in [1.29, 1.82) is 10.5 Å². The van der Waals surface area contributed by atoms with Crippen molar-refractivity contribution in [3.05, 3.63) is 69.8 Å². The van der Waals surface area contributed by atoms with E-state index >= 15 is 0 Å². The molecule has 2 aromatic carbocycles. The minimum absolute atomic E-state index is 0.00247. The van der Waals surface area contributed by atoms with E-state index in [2.05, 4.69) is 0 Å². The third-order valence-electron chi connectivity index (χ3n) is 2.99. The molecule has 0 unspecified atom stereocenters. The van der Waals surface area contributed by atoms with Crippen molar-refractivity contribution in [3.63, 3.8) is 0 Å². The second-order valence-corrected chi connectivity index (χ2v) is 5.18. The molecule has 0 N–H and O–H groups in total. The first-order chi connectivity index (χ1) is 10.6. The van der Waals surface area contributed by atoms with Gasteiger partial charge in [0.2, 0.25) is 0 Å². The molecule has 0 amide bonds. The van der Waals surface area contributed by atoms with E-state index in [1.165, 1.54) is 6.08 Å². The van der Waals surface area contributed by atoms with E-state index in [4.69, 9.17) is 26.9 Å². The average molecular weight is 309 g/mol. The summed E-state index contributed by atoms with van der Waals surface area (Å²) >= 11 is 5.97. The number of allylic oxidation sites excluding steroid dienone is 1. The number of aryl methyl sites for hydroxylation is 1. The number of ether oxygens (including phenoxy) is 1. The molecule has 2 rings (SSSR count). The van der Waals surface area contributed by atoms with Gasteiger partial charge in [0.05, 0.1) is 0 Å². The minimum Gasteiger partial charge on any atom is -0.488 e. The molecule has 4 heteroatoms. The summed E-state index contributed by atoms with van der Waals surface area (Å²) in [4.78, 5) is 0. The Bertz CT molecular complexity index is 781. The number of hydrogen-bond donors (Lipinski definition) is 0. The van der Waals surface area contributed by atoms with Crippen LogP contribution in [0.5, 0.6) is 5.75 Å². The minimum atomic E-state index is 0.00247. The smallest absolute Gasteiger partial charge is 0.130 e. The van der Waals surface area contributed by atoms with Gasteiger partial charge in [-0.15, -0.1) is 0 Å². The second kappa shape index (κ2) is 7.31. The Morgan fingerprint density at radius 3 is 2.64 bits per heavy atom. The lowest BCUT2D eigenvalue weighted by Gasteiger charge is -2.10. The molecule has 3 nitrogen and oxygen atoms in total. The van der Waals surface area contributed by atoms with Crippen LogP contribution in [0.1, 0.15) is 16.7 Å². The van der Waals surface area contributed by atoms with Crippen LogP contribution in [0.15, 0.2) is 48.0 Å². The predicted molar refractivity (Wildman–Crippen MR) is 86.2 cm³/mol. The van der Waals surface area contributed by atoms with Gasteiger partial charge in [0, 0.05) is 10.6 Å². The molecule has 0 saturated heterocycles. The molecular weight excluding hydrogens is 296 g/mol. The van der Waals surface area contributed by atoms with Gasteiger partial charge >= 0.3 is 0 Å². The predicted octanol–water partition coefficient (Wildman–Crippen LogP) is 4.66. The summed E-state index contributed by atoms with van der Waals surface area (Å²) in [6.07, 6.45) is 1.47. The third kappa shape index (κ3) is 4.12. The van der Waals surface area contributed by atoms with Gasteiger partial charge in [-0.05, 0) is 36.8 Å². The zero-order valence-corrected chi connectivity index (χ0v) is 12.8. The van der Waals surface area contributed by atoms with Gasteiger partial charge in [-0.3, -0.25) is 0 Å². The number of halogens is 1. The fourth-order valence-corrected chi connectivity index (χ4v) is 2.15. The molecule has 0 spiro atoms. The highest BCUT2D eigenvalue weighted by atomic mass is 35.5. The molecule has 108 valence electrons. The van der Waals surface area contributed by atoms with Crippen LogP contribution in [0.25, 0.3) is 6.08 Å². The van der Waals surface area contributed by atoms with Gasteiger partial charge in [0.25, 0.3) is 0 Å². The lowest BCUT2D eigenvalue weighted by molar-refractivity contribution is 0.305. The molecule has 0 aliphatic heterocycles. The molecule has 0 aliphatic rings. The van der Waals surface area contributed by atoms with E-state index in [0.29, 0.717) is 22.9 Å². The number of rotatable bonds is 4. The summed E-state index contributed by atoms with van der Waals surface area (Å²) in [7, 11) is 0. The fourth-order valence-electron chi connectivity index (χ4n) is 1.97. The molecular formula is C18H13ClN2O. The number of nitrogens with zero attached hydrogens (tertiary/aromatic N) is 2. The molecule has 0 aliphatic carbocycles. The number of hydrogen-bond acceptors (Lipinski definition) is 3. The van der Waals surface area contributed by atoms with Crippen molar-refractivity contribution in [3.8, 4) is 17.9 Å². The second-order valence-electron chi connectivity index (χ2n) is 4.74. The Balaban J connectivity index is 2.26. The van der Waals surface area contributed by atoms with Gasteiger partial charge in [-0.2, -0.15) is 10.5 Å². The molecule has 0 fully saturated rings. The zero-order valence-electron chi connectivity index (χ0n) is 12.0. The summed E-state index contributed by atoms with van der Waals surface area (Å²) in [5.74, 6) is 0.578. The summed E-state index contributed by atoms with van der Waals surface area (Å²) in [6, 6.07) is 16.8. The summed E-state index contributed by atoms with van der Waals surface area (Å²) in [6.45, 7) is 2.42. The largest absolute Gasteiger partial charge is 0.488 e. The normalized spacial score (nSPS) is 9.45. The van der Waals surface area contributed by atoms with E-state index in [9.17, 15) is 0 Å². The van der Waals surface area contributed by atoms with Gasteiger partial charge < -0.3 is 4.74 Å². The van der Waals surface area contributed by atoms with Crippen LogP contribution in [-0.2, 0) is 6.61 Å². The Kier molecular flexibility index (Phi) is 5.20. The fraction of sp³-hybridized carbons (Fsp3) is 0.111. The van der Waals surface area contributed by atoms with Crippen molar-refractivity contribution in [2.24, 2.45) is 0 Å². The van der Waals surface area contributed by atoms with Crippen LogP contribution in [0.2, 0.25) is 5.02 Å². The molecule has 0 atom stereocenters. The van der Waals surface area contributed by atoms with Crippen molar-refractivity contribution in [1.82, 2.24) is 0 Å². The summed E-state index contributed by atoms with van der Waals surface area (Å²) < 4.78 is 5.80. The average Bonchev–Trinajstić information content (AvgIpc) is 2.51. The summed E-state index contributed by atoms with van der Waals surface area (Å²) in [5.41, 5.74) is 2.82. The standard InChI is InChI=1S/C18H13ClN2O/c1-13-3-2-4-14(7-13)12-22-18-6-5-17(19)9-16(18)8-15(10-20)11-21/h2-9H,12H2,1H3. The van der Waals surface area contributed by atoms with E-state index in [1.54, 1.807) is 18.2 Å². The van der Waals surface area contributed by atoms with Crippen LogP contribution in [0.3, 0.4) is 0 Å². The quantitative estimate of drug-likeness (QED) is 0.772. The van der Waals surface area contributed by atoms with Crippen LogP contribution in [-0.4, -0.2) is 0 Å². The van der Waals surface area contributed by atoms with Crippen molar-refractivity contribution in [2.75, 3.05) is 0 Å².